The predicted octanol–water partition coefficient (Wildman–Crippen LogP) is 19.9. The maximum absolute atomic E-state index is 2.63. The summed E-state index contributed by atoms with van der Waals surface area (Å²) in [5.74, 6) is 2.93. The van der Waals surface area contributed by atoms with Crippen LogP contribution >= 0.6 is 0 Å². The van der Waals surface area contributed by atoms with Crippen molar-refractivity contribution < 1.29 is 0 Å². The second kappa shape index (κ2) is 22.2. The van der Waals surface area contributed by atoms with Crippen LogP contribution in [0.15, 0.2) is 97.1 Å². The Hall–Kier alpha value is -3.64. The van der Waals surface area contributed by atoms with Crippen molar-refractivity contribution in [3.63, 3.8) is 0 Å². The zero-order valence-corrected chi connectivity index (χ0v) is 42.3. The van der Waals surface area contributed by atoms with Gasteiger partial charge in [-0.05, 0) is 193 Å². The first-order valence-electron chi connectivity index (χ1n) is 28.4. The van der Waals surface area contributed by atoms with E-state index in [2.05, 4.69) is 125 Å². The van der Waals surface area contributed by atoms with Crippen molar-refractivity contribution in [2.45, 2.75) is 218 Å². The summed E-state index contributed by atoms with van der Waals surface area (Å²) in [5, 5.41) is 0. The van der Waals surface area contributed by atoms with E-state index in [1.165, 1.54) is 202 Å². The third kappa shape index (κ3) is 9.16. The average molecular weight is 881 g/mol. The molecule has 0 aromatic heterocycles. The molecule has 11 aliphatic rings. The Bertz CT molecular complexity index is 1870. The van der Waals surface area contributed by atoms with Crippen molar-refractivity contribution in [2.24, 2.45) is 23.7 Å². The van der Waals surface area contributed by atoms with Gasteiger partial charge in [0.15, 0.2) is 0 Å². The number of hydrogen-bond acceptors (Lipinski definition) is 0. The molecule has 4 aromatic carbocycles. The maximum atomic E-state index is 2.63. The second-order valence-corrected chi connectivity index (χ2v) is 22.3. The van der Waals surface area contributed by atoms with Gasteiger partial charge in [-0.2, -0.15) is 0 Å². The zero-order chi connectivity index (χ0) is 45.4. The van der Waals surface area contributed by atoms with Crippen LogP contribution in [-0.4, -0.2) is 0 Å². The molecular formula is C66H88. The molecule has 0 saturated heterocycles. The molecule has 0 radical (unpaired) electrons. The predicted molar refractivity (Wildman–Crippen MR) is 287 cm³/mol. The van der Waals surface area contributed by atoms with Crippen LogP contribution in [0, 0.1) is 23.7 Å². The van der Waals surface area contributed by atoms with E-state index in [0.29, 0.717) is 0 Å². The average Bonchev–Trinajstić information content (AvgIpc) is 4.13. The van der Waals surface area contributed by atoms with Crippen LogP contribution in [0.3, 0.4) is 0 Å². The molecule has 0 amide bonds. The molecule has 352 valence electrons. The van der Waals surface area contributed by atoms with Gasteiger partial charge in [0.1, 0.15) is 0 Å². The summed E-state index contributed by atoms with van der Waals surface area (Å²) in [5.41, 5.74) is 19.1. The van der Waals surface area contributed by atoms with Gasteiger partial charge in [-0.1, -0.05) is 202 Å². The van der Waals surface area contributed by atoms with Gasteiger partial charge in [0.05, 0.1) is 0 Å². The minimum absolute atomic E-state index is 0.122. The molecule has 4 fully saturated rings. The van der Waals surface area contributed by atoms with Gasteiger partial charge in [0.2, 0.25) is 0 Å². The smallest absolute Gasteiger partial charge is 0.0259 e. The van der Waals surface area contributed by atoms with Crippen LogP contribution in [0.4, 0.5) is 0 Å². The molecule has 2 spiro atoms. The summed E-state index contributed by atoms with van der Waals surface area (Å²) in [6.07, 6.45) is 36.6. The topological polar surface area (TPSA) is 0 Å². The van der Waals surface area contributed by atoms with Crippen molar-refractivity contribution >= 4 is 22.3 Å². The first-order chi connectivity index (χ1) is 32.6. The number of hydrogen-bond donors (Lipinski definition) is 0. The quantitative estimate of drug-likeness (QED) is 0.0776. The van der Waals surface area contributed by atoms with Gasteiger partial charge >= 0.3 is 0 Å². The highest BCUT2D eigenvalue weighted by Gasteiger charge is 2.57. The third-order valence-corrected chi connectivity index (χ3v) is 18.7. The van der Waals surface area contributed by atoms with E-state index in [9.17, 15) is 0 Å². The fourth-order valence-corrected chi connectivity index (χ4v) is 15.5. The molecule has 0 N–H and O–H groups in total. The van der Waals surface area contributed by atoms with Gasteiger partial charge in [-0.3, -0.25) is 0 Å². The Labute approximate surface area is 404 Å². The van der Waals surface area contributed by atoms with Gasteiger partial charge in [-0.25, -0.2) is 0 Å². The van der Waals surface area contributed by atoms with E-state index in [1.54, 1.807) is 44.5 Å². The first-order valence-corrected chi connectivity index (χ1v) is 28.4. The number of rotatable bonds is 20. The maximum Gasteiger partial charge on any atom is 0.0259 e. The summed E-state index contributed by atoms with van der Waals surface area (Å²) in [6, 6.07) is 41.8. The first kappa shape index (κ1) is 47.4. The second-order valence-electron chi connectivity index (χ2n) is 22.3. The van der Waals surface area contributed by atoms with Crippen molar-refractivity contribution in [3.05, 3.63) is 142 Å². The lowest BCUT2D eigenvalue weighted by Crippen LogP contribution is -2.33. The highest BCUT2D eigenvalue weighted by Crippen LogP contribution is 2.64. The minimum atomic E-state index is 0.122. The molecule has 12 bridgehead atoms. The molecule has 0 aliphatic heterocycles. The minimum Gasteiger partial charge on any atom is -0.0654 e. The monoisotopic (exact) mass is 881 g/mol. The molecule has 66 heavy (non-hydrogen) atoms. The molecule has 0 nitrogen and oxygen atoms in total. The van der Waals surface area contributed by atoms with Crippen LogP contribution in [0.1, 0.15) is 252 Å². The van der Waals surface area contributed by atoms with Crippen LogP contribution in [0.2, 0.25) is 0 Å². The van der Waals surface area contributed by atoms with E-state index < -0.39 is 0 Å². The highest BCUT2D eigenvalue weighted by molar-refractivity contribution is 5.92. The van der Waals surface area contributed by atoms with E-state index >= 15 is 0 Å². The van der Waals surface area contributed by atoms with Crippen molar-refractivity contribution in [1.82, 2.24) is 0 Å². The molecule has 4 aromatic rings. The Balaban J connectivity index is 1.24. The summed E-state index contributed by atoms with van der Waals surface area (Å²) in [6.45, 7) is 9.43. The molecule has 0 unspecified atom stereocenters. The lowest BCUT2D eigenvalue weighted by Gasteiger charge is -2.37. The van der Waals surface area contributed by atoms with Crippen LogP contribution in [-0.2, 0) is 10.8 Å². The Morgan fingerprint density at radius 3 is 0.652 bits per heavy atom. The summed E-state index contributed by atoms with van der Waals surface area (Å²) in [7, 11) is 0. The number of allylic oxidation sites excluding steroid dienone is 4. The SMILES string of the molecule is CCCCCC/C1=C(\CCCCCC)c2ccc(cc2)C2(c3ccc(cc3)/C(CCCCCC)=C(/CCCCCC)c3ccc(cc3)C3(c4ccc1cc4)C1CCC3CC1)C1CCC2CC1. The van der Waals surface area contributed by atoms with Gasteiger partial charge in [0.25, 0.3) is 0 Å². The fraction of sp³-hybridized carbons (Fsp3) is 0.576. The van der Waals surface area contributed by atoms with Crippen LogP contribution in [0.5, 0.6) is 0 Å². The van der Waals surface area contributed by atoms with E-state index in [0.717, 1.165) is 23.7 Å². The van der Waals surface area contributed by atoms with Gasteiger partial charge in [0, 0.05) is 10.8 Å². The standard InChI is InChI=1S/C66H88/c1-5-9-13-17-21-61-49-25-33-53(34-26-49)65(57-41-42-58(65)44-43-57)55-37-29-51(30-38-55)63(23-19-15-11-7-3)64(24-20-16-12-8-4)52-31-39-56(40-32-52)66(59-45-46-60(66)48-47-59)54-35-27-50(28-36-54)62(61)22-18-14-10-6-2/h25-40,57-60H,5-24,41-48H2,1-4H3/b62-61-,64-63-. The molecule has 15 rings (SSSR count). The summed E-state index contributed by atoms with van der Waals surface area (Å²) >= 11 is 0. The Kier molecular flexibility index (Phi) is 15.9. The lowest BCUT2D eigenvalue weighted by molar-refractivity contribution is 0.390. The lowest BCUT2D eigenvalue weighted by atomic mass is 9.66. The molecule has 11 aliphatic carbocycles. The molecule has 4 saturated carbocycles. The van der Waals surface area contributed by atoms with Crippen molar-refractivity contribution in [1.29, 1.82) is 0 Å². The van der Waals surface area contributed by atoms with E-state index in [-0.39, 0.29) is 10.8 Å². The van der Waals surface area contributed by atoms with Crippen molar-refractivity contribution in [2.75, 3.05) is 0 Å². The van der Waals surface area contributed by atoms with Crippen molar-refractivity contribution in [3.8, 4) is 0 Å². The third-order valence-electron chi connectivity index (χ3n) is 18.7. The Morgan fingerprint density at radius 2 is 0.470 bits per heavy atom. The number of benzene rings is 4. The molecular weight excluding hydrogens is 793 g/mol. The largest absolute Gasteiger partial charge is 0.0654 e. The highest BCUT2D eigenvalue weighted by atomic mass is 14.6. The molecule has 0 heterocycles. The van der Waals surface area contributed by atoms with Crippen LogP contribution in [0.25, 0.3) is 22.3 Å². The van der Waals surface area contributed by atoms with Gasteiger partial charge < -0.3 is 0 Å². The molecule has 0 atom stereocenters. The van der Waals surface area contributed by atoms with Crippen LogP contribution < -0.4 is 0 Å². The summed E-state index contributed by atoms with van der Waals surface area (Å²) in [4.78, 5) is 0. The number of unbranched alkanes of at least 4 members (excludes halogenated alkanes) is 12. The zero-order valence-electron chi connectivity index (χ0n) is 42.3. The normalized spacial score (nSPS) is 27.6. The Morgan fingerprint density at radius 1 is 0.273 bits per heavy atom. The molecule has 0 heteroatoms. The fourth-order valence-electron chi connectivity index (χ4n) is 15.5. The summed E-state index contributed by atoms with van der Waals surface area (Å²) < 4.78 is 0. The van der Waals surface area contributed by atoms with Gasteiger partial charge in [-0.15, -0.1) is 0 Å². The van der Waals surface area contributed by atoms with E-state index in [4.69, 9.17) is 0 Å². The van der Waals surface area contributed by atoms with E-state index in [1.807, 2.05) is 0 Å².